The van der Waals surface area contributed by atoms with Crippen LogP contribution in [-0.2, 0) is 9.53 Å². The Balaban J connectivity index is 2.84. The van der Waals surface area contributed by atoms with E-state index < -0.39 is 24.2 Å². The van der Waals surface area contributed by atoms with Gasteiger partial charge in [0.2, 0.25) is 0 Å². The molecule has 1 aliphatic rings. The van der Waals surface area contributed by atoms with Crippen LogP contribution in [0.5, 0.6) is 0 Å². The highest BCUT2D eigenvalue weighted by atomic mass is 16.7. The number of carbonyl (C=O) groups is 1. The zero-order chi connectivity index (χ0) is 9.35. The number of ether oxygens (including phenoxy) is 1. The first-order valence-corrected chi connectivity index (χ1v) is 3.51. The first-order valence-electron chi connectivity index (χ1n) is 3.51. The summed E-state index contributed by atoms with van der Waals surface area (Å²) >= 11 is 0. The van der Waals surface area contributed by atoms with Crippen molar-refractivity contribution in [1.29, 1.82) is 0 Å². The molecule has 1 heterocycles. The summed E-state index contributed by atoms with van der Waals surface area (Å²) in [7, 11) is 1.51. The number of likely N-dealkylation sites (N-methyl/N-ethyl adjacent to an activating group) is 1. The van der Waals surface area contributed by atoms with E-state index in [1.165, 1.54) is 7.05 Å². The summed E-state index contributed by atoms with van der Waals surface area (Å²) in [5.41, 5.74) is 3.78. The Kier molecular flexibility index (Phi) is 2.45. The predicted octanol–water partition coefficient (Wildman–Crippen LogP) is -2.86. The van der Waals surface area contributed by atoms with Crippen molar-refractivity contribution in [2.45, 2.75) is 24.2 Å². The van der Waals surface area contributed by atoms with Gasteiger partial charge in [0.15, 0.2) is 18.3 Å². The van der Waals surface area contributed by atoms with Gasteiger partial charge in [-0.25, -0.2) is 0 Å². The Morgan fingerprint density at radius 1 is 1.67 bits per heavy atom. The third-order valence-electron chi connectivity index (χ3n) is 1.94. The molecule has 0 radical (unpaired) electrons. The van der Waals surface area contributed by atoms with Crippen molar-refractivity contribution in [1.82, 2.24) is 5.32 Å². The lowest BCUT2D eigenvalue weighted by Crippen LogP contribution is -2.58. The summed E-state index contributed by atoms with van der Waals surface area (Å²) in [4.78, 5) is 10.5. The number of aldehydes is 1. The lowest BCUT2D eigenvalue weighted by atomic mass is 10.0. The highest BCUT2D eigenvalue weighted by Crippen LogP contribution is 2.23. The third kappa shape index (κ3) is 1.23. The Morgan fingerprint density at radius 2 is 2.25 bits per heavy atom. The van der Waals surface area contributed by atoms with E-state index in [9.17, 15) is 9.90 Å². The van der Waals surface area contributed by atoms with E-state index in [4.69, 9.17) is 10.8 Å². The zero-order valence-corrected chi connectivity index (χ0v) is 6.60. The molecule has 0 aromatic carbocycles. The molecule has 6 nitrogen and oxygen atoms in total. The van der Waals surface area contributed by atoms with E-state index in [1.807, 2.05) is 0 Å². The van der Waals surface area contributed by atoms with Gasteiger partial charge in [-0.3, -0.25) is 10.5 Å². The maximum absolute atomic E-state index is 10.5. The van der Waals surface area contributed by atoms with Crippen LogP contribution in [0.3, 0.4) is 0 Å². The van der Waals surface area contributed by atoms with Crippen molar-refractivity contribution in [3.8, 4) is 0 Å². The van der Waals surface area contributed by atoms with Crippen molar-refractivity contribution in [3.63, 3.8) is 0 Å². The average Bonchev–Trinajstić information content (AvgIpc) is 2.25. The van der Waals surface area contributed by atoms with Crippen LogP contribution in [0, 0.1) is 0 Å². The molecule has 0 bridgehead atoms. The van der Waals surface area contributed by atoms with Crippen molar-refractivity contribution < 1.29 is 19.7 Å². The topological polar surface area (TPSA) is 105 Å². The van der Waals surface area contributed by atoms with Crippen molar-refractivity contribution in [2.24, 2.45) is 5.73 Å². The molecule has 6 heteroatoms. The molecule has 0 spiro atoms. The summed E-state index contributed by atoms with van der Waals surface area (Å²) in [5.74, 6) is 0. The second-order valence-corrected chi connectivity index (χ2v) is 2.74. The molecule has 1 rings (SSSR count). The van der Waals surface area contributed by atoms with Gasteiger partial charge in [0.25, 0.3) is 0 Å². The summed E-state index contributed by atoms with van der Waals surface area (Å²) in [6, 6.07) is -0.787. The van der Waals surface area contributed by atoms with Gasteiger partial charge in [0.05, 0.1) is 6.04 Å². The molecule has 0 saturated carbocycles. The van der Waals surface area contributed by atoms with E-state index in [1.54, 1.807) is 0 Å². The number of hydrogen-bond donors (Lipinski definition) is 4. The van der Waals surface area contributed by atoms with Crippen molar-refractivity contribution in [2.75, 3.05) is 7.05 Å². The predicted molar refractivity (Wildman–Crippen MR) is 38.9 cm³/mol. The van der Waals surface area contributed by atoms with Gasteiger partial charge in [-0.15, -0.1) is 0 Å². The summed E-state index contributed by atoms with van der Waals surface area (Å²) in [6.45, 7) is 0. The molecular formula is C6H12N2O4. The second-order valence-electron chi connectivity index (χ2n) is 2.74. The minimum absolute atomic E-state index is 0.355. The second kappa shape index (κ2) is 3.08. The Labute approximate surface area is 69.3 Å². The van der Waals surface area contributed by atoms with Crippen molar-refractivity contribution >= 4 is 6.29 Å². The smallest absolute Gasteiger partial charge is 0.194 e. The van der Waals surface area contributed by atoms with E-state index in [0.29, 0.717) is 6.29 Å². The molecule has 12 heavy (non-hydrogen) atoms. The Morgan fingerprint density at radius 3 is 2.58 bits per heavy atom. The van der Waals surface area contributed by atoms with Crippen LogP contribution in [0.15, 0.2) is 0 Å². The Hall–Kier alpha value is -0.530. The molecular weight excluding hydrogens is 164 g/mol. The van der Waals surface area contributed by atoms with Crippen LogP contribution in [-0.4, -0.2) is 47.7 Å². The zero-order valence-electron chi connectivity index (χ0n) is 6.60. The fourth-order valence-electron chi connectivity index (χ4n) is 1.28. The normalized spacial score (nSPS) is 47.8. The highest BCUT2D eigenvalue weighted by molar-refractivity contribution is 5.64. The van der Waals surface area contributed by atoms with Crippen molar-refractivity contribution in [3.05, 3.63) is 0 Å². The van der Waals surface area contributed by atoms with Gasteiger partial charge in [0.1, 0.15) is 6.10 Å². The van der Waals surface area contributed by atoms with Crippen LogP contribution in [0.25, 0.3) is 0 Å². The Bertz CT molecular complexity index is 188. The van der Waals surface area contributed by atoms with Gasteiger partial charge in [-0.1, -0.05) is 0 Å². The molecule has 1 saturated heterocycles. The highest BCUT2D eigenvalue weighted by Gasteiger charge is 2.51. The molecule has 70 valence electrons. The molecule has 5 N–H and O–H groups in total. The van der Waals surface area contributed by atoms with E-state index >= 15 is 0 Å². The molecule has 4 atom stereocenters. The number of carbonyl (C=O) groups excluding carboxylic acids is 1. The third-order valence-corrected chi connectivity index (χ3v) is 1.94. The van der Waals surface area contributed by atoms with Crippen LogP contribution < -0.4 is 11.1 Å². The fourth-order valence-corrected chi connectivity index (χ4v) is 1.28. The van der Waals surface area contributed by atoms with Gasteiger partial charge in [-0.05, 0) is 7.05 Å². The lowest BCUT2D eigenvalue weighted by Gasteiger charge is -2.23. The van der Waals surface area contributed by atoms with Gasteiger partial charge < -0.3 is 20.3 Å². The maximum Gasteiger partial charge on any atom is 0.194 e. The number of aliphatic hydroxyl groups is 2. The quantitative estimate of drug-likeness (QED) is 0.337. The molecule has 0 aliphatic carbocycles. The lowest BCUT2D eigenvalue weighted by molar-refractivity contribution is -0.163. The molecule has 1 fully saturated rings. The molecule has 3 unspecified atom stereocenters. The number of hydrogen-bond acceptors (Lipinski definition) is 6. The molecule has 0 aromatic rings. The number of rotatable bonds is 2. The number of aliphatic hydroxyl groups excluding tert-OH is 2. The summed E-state index contributed by atoms with van der Waals surface area (Å²) < 4.78 is 4.67. The molecule has 0 amide bonds. The van der Waals surface area contributed by atoms with Crippen LogP contribution in [0.1, 0.15) is 0 Å². The van der Waals surface area contributed by atoms with Crippen LogP contribution >= 0.6 is 0 Å². The van der Waals surface area contributed by atoms with Crippen LogP contribution in [0.2, 0.25) is 0 Å². The average molecular weight is 176 g/mol. The summed E-state index contributed by atoms with van der Waals surface area (Å²) in [6.07, 6.45) is -2.25. The minimum atomic E-state index is -1.65. The van der Waals surface area contributed by atoms with E-state index in [0.717, 1.165) is 0 Å². The molecule has 1 aliphatic heterocycles. The van der Waals surface area contributed by atoms with Crippen LogP contribution in [0.4, 0.5) is 0 Å². The first-order chi connectivity index (χ1) is 5.55. The number of nitrogens with two attached hydrogens (primary N) is 1. The molecule has 0 aromatic heterocycles. The largest absolute Gasteiger partial charge is 0.386 e. The van der Waals surface area contributed by atoms with E-state index in [-0.39, 0.29) is 0 Å². The first kappa shape index (κ1) is 9.56. The number of nitrogens with one attached hydrogen (secondary N) is 1. The fraction of sp³-hybridized carbons (Fsp3) is 0.833. The van der Waals surface area contributed by atoms with Gasteiger partial charge in [0, 0.05) is 0 Å². The maximum atomic E-state index is 10.5. The minimum Gasteiger partial charge on any atom is -0.386 e. The van der Waals surface area contributed by atoms with Gasteiger partial charge >= 0.3 is 0 Å². The van der Waals surface area contributed by atoms with Gasteiger partial charge in [-0.2, -0.15) is 0 Å². The summed E-state index contributed by atoms with van der Waals surface area (Å²) in [5, 5.41) is 20.9. The SMILES string of the molecule is CNC1C(O)C(O)O[C@@]1(N)C=O. The standard InChI is InChI=1S/C6H12N2O4/c1-8-4-3(10)5(11)12-6(4,7)2-9/h2-5,8,10-11H,7H2,1H3/t3?,4?,5?,6-/m0/s1. The van der Waals surface area contributed by atoms with E-state index in [2.05, 4.69) is 10.1 Å². The monoisotopic (exact) mass is 176 g/mol.